The lowest BCUT2D eigenvalue weighted by Gasteiger charge is -2.06. The van der Waals surface area contributed by atoms with Crippen LogP contribution in [0, 0.1) is 0 Å². The molecule has 0 amide bonds. The number of aromatic amines is 1. The third-order valence-corrected chi connectivity index (χ3v) is 2.74. The monoisotopic (exact) mass is 271 g/mol. The molecule has 0 aliphatic heterocycles. The fraction of sp³-hybridized carbons (Fsp3) is 0.0909. The number of aromatic hydroxyl groups is 1. The van der Waals surface area contributed by atoms with Crippen molar-refractivity contribution in [3.63, 3.8) is 0 Å². The summed E-state index contributed by atoms with van der Waals surface area (Å²) < 4.78 is 0. The second kappa shape index (κ2) is 4.39. The molecule has 17 heavy (non-hydrogen) atoms. The average molecular weight is 272 g/mol. The molecule has 4 nitrogen and oxygen atoms in total. The van der Waals surface area contributed by atoms with Crippen LogP contribution >= 0.6 is 23.2 Å². The number of hydrogen-bond acceptors (Lipinski definition) is 3. The summed E-state index contributed by atoms with van der Waals surface area (Å²) in [6.07, 6.45) is 0. The van der Waals surface area contributed by atoms with E-state index >= 15 is 0 Å². The quantitative estimate of drug-likeness (QED) is 0.650. The number of benzene rings is 1. The van der Waals surface area contributed by atoms with Crippen LogP contribution in [0.25, 0.3) is 10.9 Å². The molecule has 2 rings (SSSR count). The summed E-state index contributed by atoms with van der Waals surface area (Å²) in [7, 11) is 0. The number of rotatable bonds is 2. The van der Waals surface area contributed by atoms with Crippen molar-refractivity contribution >= 4 is 39.9 Å². The first-order chi connectivity index (χ1) is 8.02. The summed E-state index contributed by atoms with van der Waals surface area (Å²) in [6.45, 7) is 0. The summed E-state index contributed by atoms with van der Waals surface area (Å²) >= 11 is 10.8. The van der Waals surface area contributed by atoms with Gasteiger partial charge < -0.3 is 10.1 Å². The minimum absolute atomic E-state index is 0.365. The number of nitrogens with one attached hydrogen (secondary N) is 1. The lowest BCUT2D eigenvalue weighted by atomic mass is 10.1. The SMILES string of the molecule is O=C(c1c(O)c2ccccc2[nH]c1=O)C(Cl)Cl. The zero-order valence-corrected chi connectivity index (χ0v) is 9.92. The van der Waals surface area contributed by atoms with Gasteiger partial charge in [0.25, 0.3) is 5.56 Å². The number of Topliss-reactive ketones (excluding diaryl/α,β-unsaturated/α-hetero) is 1. The normalized spacial score (nSPS) is 11.0. The first-order valence-corrected chi connectivity index (χ1v) is 5.56. The Kier molecular flexibility index (Phi) is 3.09. The number of H-pyrrole nitrogens is 1. The largest absolute Gasteiger partial charge is 0.506 e. The lowest BCUT2D eigenvalue weighted by molar-refractivity contribution is 0.100. The second-order valence-corrected chi connectivity index (χ2v) is 4.48. The van der Waals surface area contributed by atoms with E-state index in [2.05, 4.69) is 4.98 Å². The number of carbonyl (C=O) groups is 1. The van der Waals surface area contributed by atoms with Gasteiger partial charge in [0.1, 0.15) is 11.3 Å². The molecule has 2 aromatic rings. The van der Waals surface area contributed by atoms with E-state index in [1.165, 1.54) is 0 Å². The Morgan fingerprint density at radius 1 is 1.29 bits per heavy atom. The fourth-order valence-corrected chi connectivity index (χ4v) is 1.78. The highest BCUT2D eigenvalue weighted by Crippen LogP contribution is 2.26. The molecule has 0 unspecified atom stereocenters. The minimum atomic E-state index is -1.39. The van der Waals surface area contributed by atoms with Crippen molar-refractivity contribution in [1.29, 1.82) is 0 Å². The van der Waals surface area contributed by atoms with Gasteiger partial charge in [0.15, 0.2) is 4.84 Å². The van der Waals surface area contributed by atoms with Crippen LogP contribution in [0.2, 0.25) is 0 Å². The predicted octanol–water partition coefficient (Wildman–Crippen LogP) is 2.22. The molecule has 1 heterocycles. The number of halogens is 2. The molecular weight excluding hydrogens is 265 g/mol. The Morgan fingerprint density at radius 2 is 1.94 bits per heavy atom. The van der Waals surface area contributed by atoms with Crippen LogP contribution in [0.4, 0.5) is 0 Å². The molecule has 0 saturated heterocycles. The van der Waals surface area contributed by atoms with E-state index in [0.717, 1.165) is 0 Å². The van der Waals surface area contributed by atoms with Crippen LogP contribution in [0.5, 0.6) is 5.75 Å². The molecule has 0 spiro atoms. The number of hydrogen-bond donors (Lipinski definition) is 2. The Labute approximate surface area is 106 Å². The molecular formula is C11H7Cl2NO3. The Bertz CT molecular complexity index is 649. The molecule has 0 saturated carbocycles. The molecule has 2 N–H and O–H groups in total. The smallest absolute Gasteiger partial charge is 0.263 e. The highest BCUT2D eigenvalue weighted by Gasteiger charge is 2.23. The zero-order chi connectivity index (χ0) is 12.6. The van der Waals surface area contributed by atoms with E-state index in [1.807, 2.05) is 0 Å². The zero-order valence-electron chi connectivity index (χ0n) is 8.41. The Hall–Kier alpha value is -1.52. The number of ketones is 1. The number of aromatic nitrogens is 1. The molecule has 0 atom stereocenters. The van der Waals surface area contributed by atoms with Gasteiger partial charge in [-0.2, -0.15) is 0 Å². The summed E-state index contributed by atoms with van der Waals surface area (Å²) in [6, 6.07) is 6.57. The molecule has 6 heteroatoms. The number of para-hydroxylation sites is 1. The van der Waals surface area contributed by atoms with Crippen LogP contribution < -0.4 is 5.56 Å². The van der Waals surface area contributed by atoms with E-state index in [0.29, 0.717) is 10.9 Å². The van der Waals surface area contributed by atoms with E-state index < -0.39 is 27.5 Å². The average Bonchev–Trinajstić information content (AvgIpc) is 2.28. The van der Waals surface area contributed by atoms with E-state index in [4.69, 9.17) is 23.2 Å². The molecule has 1 aromatic heterocycles. The van der Waals surface area contributed by atoms with Crippen molar-refractivity contribution < 1.29 is 9.90 Å². The van der Waals surface area contributed by atoms with Crippen LogP contribution in [0.3, 0.4) is 0 Å². The van der Waals surface area contributed by atoms with Gasteiger partial charge in [0.05, 0.1) is 5.52 Å². The summed E-state index contributed by atoms with van der Waals surface area (Å²) in [5, 5.41) is 10.3. The predicted molar refractivity (Wildman–Crippen MR) is 66.1 cm³/mol. The maximum atomic E-state index is 11.6. The Morgan fingerprint density at radius 3 is 2.59 bits per heavy atom. The molecule has 1 aromatic carbocycles. The van der Waals surface area contributed by atoms with Gasteiger partial charge in [-0.1, -0.05) is 35.3 Å². The highest BCUT2D eigenvalue weighted by atomic mass is 35.5. The number of carbonyl (C=O) groups excluding carboxylic acids is 1. The summed E-state index contributed by atoms with van der Waals surface area (Å²) in [5.74, 6) is -1.22. The highest BCUT2D eigenvalue weighted by molar-refractivity contribution is 6.55. The van der Waals surface area contributed by atoms with E-state index in [-0.39, 0.29) is 0 Å². The van der Waals surface area contributed by atoms with Crippen LogP contribution in [-0.4, -0.2) is 20.7 Å². The van der Waals surface area contributed by atoms with Crippen molar-refractivity contribution in [2.75, 3.05) is 0 Å². The van der Waals surface area contributed by atoms with E-state index in [9.17, 15) is 14.7 Å². The van der Waals surface area contributed by atoms with Gasteiger partial charge in [0, 0.05) is 5.39 Å². The third kappa shape index (κ3) is 2.01. The molecule has 0 fully saturated rings. The number of alkyl halides is 2. The fourth-order valence-electron chi connectivity index (χ4n) is 1.56. The maximum absolute atomic E-state index is 11.6. The van der Waals surface area contributed by atoms with Gasteiger partial charge >= 0.3 is 0 Å². The molecule has 88 valence electrons. The van der Waals surface area contributed by atoms with Gasteiger partial charge in [-0.05, 0) is 12.1 Å². The molecule has 0 aliphatic carbocycles. The Balaban J connectivity index is 2.81. The van der Waals surface area contributed by atoms with Crippen molar-refractivity contribution in [2.45, 2.75) is 4.84 Å². The second-order valence-electron chi connectivity index (χ2n) is 3.39. The lowest BCUT2D eigenvalue weighted by Crippen LogP contribution is -2.21. The summed E-state index contributed by atoms with van der Waals surface area (Å²) in [4.78, 5) is 24.3. The van der Waals surface area contributed by atoms with Gasteiger partial charge in [0.2, 0.25) is 5.78 Å². The first kappa shape index (κ1) is 12.0. The van der Waals surface area contributed by atoms with Crippen molar-refractivity contribution in [1.82, 2.24) is 4.98 Å². The van der Waals surface area contributed by atoms with Crippen LogP contribution in [-0.2, 0) is 0 Å². The maximum Gasteiger partial charge on any atom is 0.263 e. The minimum Gasteiger partial charge on any atom is -0.506 e. The van der Waals surface area contributed by atoms with Crippen molar-refractivity contribution in [2.24, 2.45) is 0 Å². The first-order valence-electron chi connectivity index (χ1n) is 4.68. The standard InChI is InChI=1S/C11H7Cl2NO3/c12-10(13)9(16)7-8(15)5-3-1-2-4-6(5)14-11(7)17/h1-4,10H,(H2,14,15,17). The van der Waals surface area contributed by atoms with Crippen LogP contribution in [0.15, 0.2) is 29.1 Å². The summed E-state index contributed by atoms with van der Waals surface area (Å²) in [5.41, 5.74) is -0.691. The van der Waals surface area contributed by atoms with E-state index in [1.54, 1.807) is 24.3 Å². The molecule has 0 bridgehead atoms. The van der Waals surface area contributed by atoms with Gasteiger partial charge in [-0.25, -0.2) is 0 Å². The van der Waals surface area contributed by atoms with Crippen molar-refractivity contribution in [3.05, 3.63) is 40.2 Å². The molecule has 0 radical (unpaired) electrons. The number of fused-ring (bicyclic) bond motifs is 1. The molecule has 0 aliphatic rings. The van der Waals surface area contributed by atoms with Crippen LogP contribution in [0.1, 0.15) is 10.4 Å². The number of pyridine rings is 1. The topological polar surface area (TPSA) is 70.2 Å². The van der Waals surface area contributed by atoms with Gasteiger partial charge in [-0.15, -0.1) is 0 Å². The van der Waals surface area contributed by atoms with Gasteiger partial charge in [-0.3, -0.25) is 9.59 Å². The van der Waals surface area contributed by atoms with Crippen molar-refractivity contribution in [3.8, 4) is 5.75 Å². The third-order valence-electron chi connectivity index (χ3n) is 2.34.